The van der Waals surface area contributed by atoms with Crippen molar-refractivity contribution >= 4 is 5.97 Å². The number of esters is 1. The molecule has 0 aromatic carbocycles. The molecule has 4 saturated carbocycles. The summed E-state index contributed by atoms with van der Waals surface area (Å²) in [6, 6.07) is 0. The molecule has 2 bridgehead atoms. The first kappa shape index (κ1) is 12.1. The molecule has 1 spiro atoms. The molecular weight excluding hydrogens is 254 g/mol. The van der Waals surface area contributed by atoms with Gasteiger partial charge in [-0.05, 0) is 49.4 Å². The maximum atomic E-state index is 12.8. The van der Waals surface area contributed by atoms with Crippen LogP contribution in [-0.2, 0) is 9.53 Å². The van der Waals surface area contributed by atoms with Crippen LogP contribution in [0.4, 0.5) is 8.78 Å². The molecule has 4 aliphatic carbocycles. The second-order valence-corrected chi connectivity index (χ2v) is 7.46. The Kier molecular flexibility index (Phi) is 1.89. The van der Waals surface area contributed by atoms with E-state index in [1.165, 1.54) is 0 Å². The van der Waals surface area contributed by atoms with E-state index in [0.717, 1.165) is 25.7 Å². The summed E-state index contributed by atoms with van der Waals surface area (Å²) in [6.45, 7) is 0.619. The van der Waals surface area contributed by atoms with Gasteiger partial charge in [0.05, 0.1) is 12.2 Å². The van der Waals surface area contributed by atoms with Crippen LogP contribution >= 0.6 is 0 Å². The first-order valence-electron chi connectivity index (χ1n) is 6.97. The van der Waals surface area contributed by atoms with Gasteiger partial charge in [0.25, 0.3) is 0 Å². The number of carbonyl (C=O) groups excluding carboxylic acids is 1. The third kappa shape index (κ3) is 1.32. The molecule has 1 N–H and O–H groups in total. The van der Waals surface area contributed by atoms with Crippen LogP contribution in [0, 0.1) is 22.7 Å². The smallest absolute Gasteiger partial charge is 0.376 e. The minimum Gasteiger partial charge on any atom is -0.461 e. The van der Waals surface area contributed by atoms with Gasteiger partial charge in [-0.3, -0.25) is 0 Å². The van der Waals surface area contributed by atoms with Crippen molar-refractivity contribution in [3.63, 3.8) is 0 Å². The van der Waals surface area contributed by atoms with Crippen molar-refractivity contribution in [2.45, 2.75) is 50.6 Å². The van der Waals surface area contributed by atoms with E-state index in [2.05, 4.69) is 0 Å². The van der Waals surface area contributed by atoms with E-state index in [1.807, 2.05) is 0 Å². The number of hydrogen-bond donors (Lipinski definition) is 1. The predicted octanol–water partition coefficient (Wildman–Crippen LogP) is 2.13. The fourth-order valence-electron chi connectivity index (χ4n) is 5.57. The van der Waals surface area contributed by atoms with Crippen LogP contribution in [0.2, 0.25) is 0 Å². The third-order valence-electron chi connectivity index (χ3n) is 6.24. The topological polar surface area (TPSA) is 46.5 Å². The van der Waals surface area contributed by atoms with Gasteiger partial charge in [0, 0.05) is 12.3 Å². The molecule has 3 nitrogen and oxygen atoms in total. The van der Waals surface area contributed by atoms with E-state index in [1.54, 1.807) is 0 Å². The summed E-state index contributed by atoms with van der Waals surface area (Å²) in [5.74, 6) is -3.72. The van der Waals surface area contributed by atoms with Crippen LogP contribution in [0.3, 0.4) is 0 Å². The van der Waals surface area contributed by atoms with Gasteiger partial charge < -0.3 is 9.84 Å². The number of rotatable bonds is 3. The van der Waals surface area contributed by atoms with Crippen molar-refractivity contribution in [2.24, 2.45) is 22.7 Å². The normalized spacial score (nSPS) is 53.3. The van der Waals surface area contributed by atoms with Crippen LogP contribution in [-0.4, -0.2) is 29.2 Å². The molecule has 4 rings (SSSR count). The molecular formula is C14H18F2O3. The van der Waals surface area contributed by atoms with Crippen LogP contribution in [0.15, 0.2) is 0 Å². The zero-order chi connectivity index (χ0) is 13.7. The maximum Gasteiger partial charge on any atom is 0.376 e. The first-order chi connectivity index (χ1) is 8.70. The van der Waals surface area contributed by atoms with Gasteiger partial charge in [-0.2, -0.15) is 8.78 Å². The predicted molar refractivity (Wildman–Crippen MR) is 61.5 cm³/mol. The molecule has 4 fully saturated rings. The van der Waals surface area contributed by atoms with Crippen molar-refractivity contribution in [3.8, 4) is 0 Å². The lowest BCUT2D eigenvalue weighted by molar-refractivity contribution is -0.174. The first-order valence-corrected chi connectivity index (χ1v) is 6.97. The summed E-state index contributed by atoms with van der Waals surface area (Å²) in [5, 5.41) is 10.5. The molecule has 0 aromatic rings. The summed E-state index contributed by atoms with van der Waals surface area (Å²) in [7, 11) is 0. The molecule has 19 heavy (non-hydrogen) atoms. The molecule has 0 radical (unpaired) electrons. The summed E-state index contributed by atoms with van der Waals surface area (Å²) < 4.78 is 30.5. The molecule has 0 heterocycles. The van der Waals surface area contributed by atoms with Crippen molar-refractivity contribution in [3.05, 3.63) is 0 Å². The van der Waals surface area contributed by atoms with Crippen molar-refractivity contribution in [2.75, 3.05) is 6.61 Å². The van der Waals surface area contributed by atoms with E-state index in [0.29, 0.717) is 25.2 Å². The summed E-state index contributed by atoms with van der Waals surface area (Å²) in [4.78, 5) is 11.2. The third-order valence-corrected chi connectivity index (χ3v) is 6.24. The zero-order valence-corrected chi connectivity index (χ0v) is 10.9. The van der Waals surface area contributed by atoms with Gasteiger partial charge in [0.15, 0.2) is 0 Å². The van der Waals surface area contributed by atoms with Crippen LogP contribution < -0.4 is 0 Å². The Morgan fingerprint density at radius 3 is 2.79 bits per heavy atom. The number of fused-ring (bicyclic) bond motifs is 1. The van der Waals surface area contributed by atoms with E-state index < -0.39 is 17.5 Å². The van der Waals surface area contributed by atoms with E-state index in [-0.39, 0.29) is 17.4 Å². The monoisotopic (exact) mass is 272 g/mol. The molecule has 4 aliphatic rings. The van der Waals surface area contributed by atoms with Gasteiger partial charge in [0.1, 0.15) is 0 Å². The van der Waals surface area contributed by atoms with Crippen LogP contribution in [0.5, 0.6) is 0 Å². The highest BCUT2D eigenvalue weighted by Gasteiger charge is 2.83. The number of carbonyl (C=O) groups is 1. The molecule has 0 saturated heterocycles. The molecule has 5 atom stereocenters. The lowest BCUT2D eigenvalue weighted by Gasteiger charge is -2.47. The van der Waals surface area contributed by atoms with E-state index in [9.17, 15) is 18.7 Å². The highest BCUT2D eigenvalue weighted by Crippen LogP contribution is 2.87. The minimum absolute atomic E-state index is 0.0563. The maximum absolute atomic E-state index is 12.8. The molecule has 0 aliphatic heterocycles. The Bertz CT molecular complexity index is 474. The Morgan fingerprint density at radius 1 is 1.37 bits per heavy atom. The second-order valence-electron chi connectivity index (χ2n) is 7.46. The molecule has 106 valence electrons. The number of alkyl halides is 2. The van der Waals surface area contributed by atoms with Crippen LogP contribution in [0.25, 0.3) is 0 Å². The van der Waals surface area contributed by atoms with Gasteiger partial charge >= 0.3 is 11.9 Å². The van der Waals surface area contributed by atoms with Crippen molar-refractivity contribution < 1.29 is 23.4 Å². The molecule has 0 amide bonds. The van der Waals surface area contributed by atoms with Crippen LogP contribution in [0.1, 0.15) is 39.0 Å². The Labute approximate surface area is 110 Å². The lowest BCUT2D eigenvalue weighted by Crippen LogP contribution is -2.45. The minimum atomic E-state index is -3.43. The number of aliphatic hydroxyl groups is 1. The largest absolute Gasteiger partial charge is 0.461 e. The lowest BCUT2D eigenvalue weighted by atomic mass is 9.58. The van der Waals surface area contributed by atoms with Crippen molar-refractivity contribution in [1.29, 1.82) is 0 Å². The molecule has 0 aromatic heterocycles. The summed E-state index contributed by atoms with van der Waals surface area (Å²) in [5.41, 5.74) is -0.644. The molecule has 5 heteroatoms. The van der Waals surface area contributed by atoms with Gasteiger partial charge in [-0.1, -0.05) is 0 Å². The molecule has 5 unspecified atom stereocenters. The summed E-state index contributed by atoms with van der Waals surface area (Å²) in [6.07, 6.45) is 4.35. The SMILES string of the molecule is CC(F)(F)C(=O)OCC12CC3(O)CC4CC1(C2)C4C3. The standard InChI is InChI=1S/C14H18F2O3/c1-11(15,16)10(17)19-7-12-5-13(18)2-8-3-14(12,6-12)9(8)4-13/h8-9,18H,2-7H2,1H3. The second kappa shape index (κ2) is 2.97. The zero-order valence-electron chi connectivity index (χ0n) is 10.9. The van der Waals surface area contributed by atoms with Gasteiger partial charge in [-0.15, -0.1) is 0 Å². The Balaban J connectivity index is 1.50. The van der Waals surface area contributed by atoms with E-state index in [4.69, 9.17) is 4.74 Å². The number of hydrogen-bond acceptors (Lipinski definition) is 3. The van der Waals surface area contributed by atoms with Gasteiger partial charge in [-0.25, -0.2) is 4.79 Å². The van der Waals surface area contributed by atoms with E-state index >= 15 is 0 Å². The highest BCUT2D eigenvalue weighted by molar-refractivity contribution is 5.77. The Morgan fingerprint density at radius 2 is 2.11 bits per heavy atom. The van der Waals surface area contributed by atoms with Crippen molar-refractivity contribution in [1.82, 2.24) is 0 Å². The quantitative estimate of drug-likeness (QED) is 0.801. The Hall–Kier alpha value is -0.710. The number of ether oxygens (including phenoxy) is 1. The van der Waals surface area contributed by atoms with Gasteiger partial charge in [0.2, 0.25) is 0 Å². The fourth-order valence-corrected chi connectivity index (χ4v) is 5.57. The summed E-state index contributed by atoms with van der Waals surface area (Å²) >= 11 is 0. The average molecular weight is 272 g/mol. The highest BCUT2D eigenvalue weighted by atomic mass is 19.3. The number of halogens is 2. The fraction of sp³-hybridized carbons (Fsp3) is 0.929. The average Bonchev–Trinajstić information content (AvgIpc) is 2.87.